The Hall–Kier alpha value is -2.31. The largest absolute Gasteiger partial charge is 1.00 e. The summed E-state index contributed by atoms with van der Waals surface area (Å²) in [5, 5.41) is 6.94. The first-order valence-corrected chi connectivity index (χ1v) is 9.96. The molecule has 0 saturated carbocycles. The van der Waals surface area contributed by atoms with E-state index in [9.17, 15) is 27.6 Å². The van der Waals surface area contributed by atoms with Gasteiger partial charge in [0.25, 0.3) is 11.8 Å². The molecule has 2 rings (SSSR count). The molecule has 0 radical (unpaired) electrons. The molecule has 0 aromatic carbocycles. The van der Waals surface area contributed by atoms with Crippen LogP contribution in [0.25, 0.3) is 0 Å². The molecular formula is C13H16N5NaO10S2. The Morgan fingerprint density at radius 1 is 1.39 bits per heavy atom. The number of hydrogen-bond acceptors (Lipinski definition) is 13. The van der Waals surface area contributed by atoms with Crippen LogP contribution in [0.2, 0.25) is 0 Å². The molecule has 31 heavy (non-hydrogen) atoms. The number of carbonyl (C=O) groups is 4. The number of methoxy groups -OCH3 is 2. The molecule has 2 atom stereocenters. The number of nitrogens with zero attached hydrogens (tertiary/aromatic N) is 3. The number of nitrogens with two attached hydrogens (primary N) is 1. The third-order valence-corrected chi connectivity index (χ3v) is 5.15. The van der Waals surface area contributed by atoms with Crippen LogP contribution in [0.4, 0.5) is 5.13 Å². The number of anilines is 1. The molecule has 1 saturated heterocycles. The zero-order valence-corrected chi connectivity index (χ0v) is 19.9. The van der Waals surface area contributed by atoms with Gasteiger partial charge in [-0.25, -0.2) is 14.6 Å². The van der Waals surface area contributed by atoms with Crippen LogP contribution in [0.5, 0.6) is 0 Å². The van der Waals surface area contributed by atoms with Crippen LogP contribution >= 0.6 is 11.3 Å². The van der Waals surface area contributed by atoms with Gasteiger partial charge in [0.15, 0.2) is 16.9 Å². The maximum Gasteiger partial charge on any atom is 1.00 e. The summed E-state index contributed by atoms with van der Waals surface area (Å²) in [5.41, 5.74) is 4.89. The monoisotopic (exact) mass is 489 g/mol. The summed E-state index contributed by atoms with van der Waals surface area (Å²) in [5.74, 6) is -4.43. The Bertz CT molecular complexity index is 1020. The van der Waals surface area contributed by atoms with Crippen LogP contribution in [0.3, 0.4) is 0 Å². The van der Waals surface area contributed by atoms with Crippen LogP contribution in [-0.2, 0) is 43.8 Å². The van der Waals surface area contributed by atoms with Crippen molar-refractivity contribution in [1.82, 2.24) is 14.6 Å². The number of rotatable bonds is 8. The number of nitrogens with one attached hydrogen (secondary N) is 1. The van der Waals surface area contributed by atoms with E-state index >= 15 is 0 Å². The summed E-state index contributed by atoms with van der Waals surface area (Å²) >= 11 is 0.943. The molecule has 18 heteroatoms. The predicted molar refractivity (Wildman–Crippen MR) is 98.3 cm³/mol. The van der Waals surface area contributed by atoms with E-state index in [0.717, 1.165) is 25.6 Å². The van der Waals surface area contributed by atoms with E-state index in [-0.39, 0.29) is 46.1 Å². The van der Waals surface area contributed by atoms with E-state index in [2.05, 4.69) is 24.9 Å². The Kier molecular flexibility index (Phi) is 9.33. The third kappa shape index (κ3) is 6.11. The fourth-order valence-corrected chi connectivity index (χ4v) is 3.62. The average molecular weight is 489 g/mol. The summed E-state index contributed by atoms with van der Waals surface area (Å²) in [6, 6.07) is -3.55. The van der Waals surface area contributed by atoms with Gasteiger partial charge >= 0.3 is 51.8 Å². The van der Waals surface area contributed by atoms with Gasteiger partial charge in [0, 0.05) is 5.38 Å². The van der Waals surface area contributed by atoms with Crippen LogP contribution in [0.15, 0.2) is 10.5 Å². The Morgan fingerprint density at radius 3 is 2.52 bits per heavy atom. The summed E-state index contributed by atoms with van der Waals surface area (Å²) in [6.07, 6.45) is 0. The molecule has 2 amide bonds. The van der Waals surface area contributed by atoms with Crippen molar-refractivity contribution >= 4 is 56.2 Å². The summed E-state index contributed by atoms with van der Waals surface area (Å²) < 4.78 is 40.3. The number of thiazole rings is 1. The van der Waals surface area contributed by atoms with Crippen LogP contribution in [0, 0.1) is 0 Å². The van der Waals surface area contributed by atoms with Crippen molar-refractivity contribution in [2.24, 2.45) is 5.16 Å². The van der Waals surface area contributed by atoms with Crippen molar-refractivity contribution < 1.29 is 77.4 Å². The van der Waals surface area contributed by atoms with Gasteiger partial charge in [-0.3, -0.25) is 14.1 Å². The van der Waals surface area contributed by atoms with E-state index in [1.807, 2.05) is 0 Å². The first kappa shape index (κ1) is 26.7. The van der Waals surface area contributed by atoms with Crippen molar-refractivity contribution in [1.29, 1.82) is 0 Å². The van der Waals surface area contributed by atoms with Crippen LogP contribution in [-0.4, -0.2) is 84.6 Å². The molecule has 15 nitrogen and oxygen atoms in total. The summed E-state index contributed by atoms with van der Waals surface area (Å²) in [7, 11) is -3.07. The van der Waals surface area contributed by atoms with Crippen LogP contribution in [0.1, 0.15) is 7.12 Å². The van der Waals surface area contributed by atoms with Gasteiger partial charge in [-0.2, -0.15) is 12.7 Å². The maximum absolute atomic E-state index is 12.6. The summed E-state index contributed by atoms with van der Waals surface area (Å²) in [6.45, 7) is -0.656. The number of oxime groups is 1. The first-order valence-electron chi connectivity index (χ1n) is 7.68. The molecule has 0 spiro atoms. The fourth-order valence-electron chi connectivity index (χ4n) is 2.23. The average Bonchev–Trinajstić information content (AvgIpc) is 3.10. The molecular weight excluding hydrogens is 473 g/mol. The predicted octanol–water partition coefficient (Wildman–Crippen LogP) is -5.59. The molecule has 0 bridgehead atoms. The second-order valence-corrected chi connectivity index (χ2v) is 7.57. The number of carbonyl (C=O) groups excluding carboxylic acids is 4. The Balaban J connectivity index is 0.00000480. The Labute approximate surface area is 202 Å². The number of nitrogen functional groups attached to an aromatic ring is 1. The van der Waals surface area contributed by atoms with E-state index in [1.165, 1.54) is 5.38 Å². The molecule has 166 valence electrons. The maximum atomic E-state index is 12.6. The normalized spacial score (nSPS) is 18.4. The number of aromatic nitrogens is 1. The van der Waals surface area contributed by atoms with Crippen molar-refractivity contribution in [3.05, 3.63) is 11.1 Å². The Morgan fingerprint density at radius 2 is 2.03 bits per heavy atom. The van der Waals surface area contributed by atoms with Crippen molar-refractivity contribution in [2.45, 2.75) is 12.1 Å². The van der Waals surface area contributed by atoms with E-state index in [0.29, 0.717) is 0 Å². The van der Waals surface area contributed by atoms with Crippen molar-refractivity contribution in [3.8, 4) is 0 Å². The molecule has 1 fully saturated rings. The number of esters is 2. The van der Waals surface area contributed by atoms with Gasteiger partial charge in [0.05, 0.1) is 14.2 Å². The molecule has 0 aliphatic carbocycles. The van der Waals surface area contributed by atoms with Gasteiger partial charge in [-0.1, -0.05) is 5.16 Å². The SMILES string of the molecule is COC(=O)CO/N=C(\C(=O)NC1C(=O)N(S(=O)(=O)O)C1C(=O)OC)c1csc(N)n1.[H-].[Na+]. The quantitative estimate of drug-likeness (QED) is 0.0778. The summed E-state index contributed by atoms with van der Waals surface area (Å²) in [4.78, 5) is 56.2. The molecule has 1 aromatic rings. The van der Waals surface area contributed by atoms with E-state index < -0.39 is 58.5 Å². The third-order valence-electron chi connectivity index (χ3n) is 3.58. The zero-order valence-electron chi connectivity index (χ0n) is 17.3. The second-order valence-electron chi connectivity index (χ2n) is 5.39. The van der Waals surface area contributed by atoms with Gasteiger partial charge < -0.3 is 26.8 Å². The van der Waals surface area contributed by atoms with Gasteiger partial charge in [-0.05, 0) is 0 Å². The molecule has 1 aromatic heterocycles. The molecule has 1 aliphatic heterocycles. The smallest absolute Gasteiger partial charge is 1.00 e. The van der Waals surface area contributed by atoms with Gasteiger partial charge in [0.2, 0.25) is 6.61 Å². The van der Waals surface area contributed by atoms with Crippen molar-refractivity contribution in [3.63, 3.8) is 0 Å². The standard InChI is InChI=1S/C13H15N5O10S2.Na.H/c1-26-6(19)3-28-17-7(5-4-29-13(14)15-5)10(20)16-8-9(12(22)27-2)18(11(8)21)30(23,24)25;;/h4,8-9H,3H2,1-2H3,(H2,14,15)(H,16,20)(H,23,24,25);;/q;+1;-1/b17-7-;;. The number of β-lactam (4-membered cyclic amide) rings is 1. The minimum atomic E-state index is -5.09. The van der Waals surface area contributed by atoms with Gasteiger partial charge in [-0.15, -0.1) is 11.3 Å². The minimum absolute atomic E-state index is 0. The molecule has 1 aliphatic rings. The molecule has 2 unspecified atom stereocenters. The molecule has 2 heterocycles. The topological polar surface area (TPSA) is 217 Å². The molecule has 4 N–H and O–H groups in total. The number of amides is 2. The number of ether oxygens (including phenoxy) is 2. The number of hydrogen-bond donors (Lipinski definition) is 3. The second kappa shape index (κ2) is 10.8. The first-order chi connectivity index (χ1) is 14.0. The van der Waals surface area contributed by atoms with Crippen LogP contribution < -0.4 is 40.6 Å². The fraction of sp³-hybridized carbons (Fsp3) is 0.385. The zero-order chi connectivity index (χ0) is 22.6. The van der Waals surface area contributed by atoms with E-state index in [4.69, 9.17) is 15.1 Å². The van der Waals surface area contributed by atoms with E-state index in [1.54, 1.807) is 0 Å². The minimum Gasteiger partial charge on any atom is -1.00 e. The van der Waals surface area contributed by atoms with Gasteiger partial charge in [0.1, 0.15) is 11.7 Å². The van der Waals surface area contributed by atoms with Crippen molar-refractivity contribution in [2.75, 3.05) is 26.6 Å².